The molecule has 0 amide bonds. The van der Waals surface area contributed by atoms with E-state index in [1.807, 2.05) is 0 Å². The van der Waals surface area contributed by atoms with Crippen LogP contribution in [0.25, 0.3) is 0 Å². The van der Waals surface area contributed by atoms with Crippen LogP contribution in [-0.2, 0) is 9.84 Å². The highest BCUT2D eigenvalue weighted by Gasteiger charge is 2.18. The molecule has 3 N–H and O–H groups in total. The van der Waals surface area contributed by atoms with Crippen molar-refractivity contribution < 1.29 is 27.8 Å². The second-order valence-corrected chi connectivity index (χ2v) is 7.34. The van der Waals surface area contributed by atoms with Gasteiger partial charge in [-0.15, -0.1) is 0 Å². The van der Waals surface area contributed by atoms with E-state index in [-0.39, 0.29) is 35.1 Å². The van der Waals surface area contributed by atoms with E-state index >= 15 is 0 Å². The van der Waals surface area contributed by atoms with Crippen LogP contribution < -0.4 is 15.2 Å². The molecule has 8 heteroatoms. The summed E-state index contributed by atoms with van der Waals surface area (Å²) in [6.07, 6.45) is 0. The fraction of sp³-hybridized carbons (Fsp3) is 0.462. The summed E-state index contributed by atoms with van der Waals surface area (Å²) in [6.45, 7) is 3.07. The first-order valence-electron chi connectivity index (χ1n) is 6.24. The van der Waals surface area contributed by atoms with Crippen molar-refractivity contribution >= 4 is 21.5 Å². The normalized spacial score (nSPS) is 11.4. The van der Waals surface area contributed by atoms with Crippen molar-refractivity contribution in [2.24, 2.45) is 0 Å². The average molecular weight is 317 g/mol. The van der Waals surface area contributed by atoms with Gasteiger partial charge in [0.1, 0.15) is 6.61 Å². The zero-order chi connectivity index (χ0) is 16.2. The molecule has 0 aliphatic carbocycles. The number of carboxylic acids is 1. The van der Waals surface area contributed by atoms with Crippen LogP contribution in [0.4, 0.5) is 5.69 Å². The van der Waals surface area contributed by atoms with Gasteiger partial charge in [0.25, 0.3) is 0 Å². The molecule has 0 heterocycles. The van der Waals surface area contributed by atoms with E-state index in [0.29, 0.717) is 0 Å². The first kappa shape index (κ1) is 17.1. The molecule has 0 bridgehead atoms. The maximum Gasteiger partial charge on any atom is 0.337 e. The maximum absolute atomic E-state index is 11.7. The first-order valence-corrected chi connectivity index (χ1v) is 7.95. The van der Waals surface area contributed by atoms with E-state index in [2.05, 4.69) is 0 Å². The molecule has 0 aliphatic heterocycles. The monoisotopic (exact) mass is 317 g/mol. The number of rotatable bonds is 7. The van der Waals surface area contributed by atoms with Crippen LogP contribution in [0.1, 0.15) is 24.2 Å². The van der Waals surface area contributed by atoms with Gasteiger partial charge in [0.2, 0.25) is 0 Å². The van der Waals surface area contributed by atoms with Gasteiger partial charge in [0, 0.05) is 12.1 Å². The van der Waals surface area contributed by atoms with Crippen LogP contribution in [0.15, 0.2) is 12.1 Å². The van der Waals surface area contributed by atoms with Gasteiger partial charge in [-0.3, -0.25) is 0 Å². The topological polar surface area (TPSA) is 116 Å². The molecule has 0 saturated carbocycles. The molecular weight excluding hydrogens is 298 g/mol. The average Bonchev–Trinajstić information content (AvgIpc) is 2.39. The fourth-order valence-corrected chi connectivity index (χ4v) is 2.32. The Labute approximate surface area is 123 Å². The van der Waals surface area contributed by atoms with E-state index in [0.717, 1.165) is 0 Å². The van der Waals surface area contributed by atoms with Crippen molar-refractivity contribution in [2.45, 2.75) is 19.1 Å². The van der Waals surface area contributed by atoms with Crippen LogP contribution >= 0.6 is 0 Å². The number of aromatic carboxylic acids is 1. The van der Waals surface area contributed by atoms with Crippen molar-refractivity contribution in [1.29, 1.82) is 0 Å². The summed E-state index contributed by atoms with van der Waals surface area (Å²) in [6, 6.07) is 2.55. The van der Waals surface area contributed by atoms with Gasteiger partial charge in [-0.1, -0.05) is 0 Å². The molecule has 118 valence electrons. The Hall–Kier alpha value is -1.96. The molecule has 0 radical (unpaired) electrons. The van der Waals surface area contributed by atoms with Gasteiger partial charge < -0.3 is 20.3 Å². The Kier molecular flexibility index (Phi) is 5.42. The second-order valence-electron chi connectivity index (χ2n) is 4.66. The second kappa shape index (κ2) is 6.66. The number of sulfone groups is 1. The molecule has 1 aromatic rings. The summed E-state index contributed by atoms with van der Waals surface area (Å²) in [7, 11) is -1.85. The van der Waals surface area contributed by atoms with Crippen LogP contribution in [0.3, 0.4) is 0 Å². The molecule has 1 aromatic carbocycles. The lowest BCUT2D eigenvalue weighted by Gasteiger charge is -2.13. The number of benzene rings is 1. The van der Waals surface area contributed by atoms with Crippen molar-refractivity contribution in [3.05, 3.63) is 17.7 Å². The number of hydrogen-bond acceptors (Lipinski definition) is 6. The molecule has 21 heavy (non-hydrogen) atoms. The quantitative estimate of drug-likeness (QED) is 0.725. The van der Waals surface area contributed by atoms with E-state index in [1.54, 1.807) is 13.8 Å². The van der Waals surface area contributed by atoms with Crippen LogP contribution in [-0.4, -0.2) is 44.2 Å². The summed E-state index contributed by atoms with van der Waals surface area (Å²) >= 11 is 0. The van der Waals surface area contributed by atoms with Crippen LogP contribution in [0, 0.1) is 0 Å². The number of anilines is 1. The lowest BCUT2D eigenvalue weighted by molar-refractivity contribution is 0.0697. The minimum Gasteiger partial charge on any atom is -0.493 e. The molecule has 0 fully saturated rings. The number of ether oxygens (including phenoxy) is 2. The van der Waals surface area contributed by atoms with E-state index in [4.69, 9.17) is 20.3 Å². The summed E-state index contributed by atoms with van der Waals surface area (Å²) in [5.74, 6) is -0.974. The largest absolute Gasteiger partial charge is 0.493 e. The number of methoxy groups -OCH3 is 1. The lowest BCUT2D eigenvalue weighted by Crippen LogP contribution is -2.22. The molecule has 0 atom stereocenters. The lowest BCUT2D eigenvalue weighted by atomic mass is 10.1. The Morgan fingerprint density at radius 2 is 1.95 bits per heavy atom. The van der Waals surface area contributed by atoms with Gasteiger partial charge in [-0.2, -0.15) is 0 Å². The third-order valence-electron chi connectivity index (χ3n) is 2.91. The number of hydrogen-bond donors (Lipinski definition) is 2. The smallest absolute Gasteiger partial charge is 0.337 e. The summed E-state index contributed by atoms with van der Waals surface area (Å²) in [4.78, 5) is 11.0. The van der Waals surface area contributed by atoms with E-state index < -0.39 is 21.1 Å². The summed E-state index contributed by atoms with van der Waals surface area (Å²) in [5.41, 5.74) is 5.51. The minimum atomic E-state index is -3.23. The minimum absolute atomic E-state index is 0.0431. The highest BCUT2D eigenvalue weighted by Crippen LogP contribution is 2.32. The summed E-state index contributed by atoms with van der Waals surface area (Å²) in [5, 5.41) is 8.51. The molecule has 0 aromatic heterocycles. The number of nitrogens with two attached hydrogens (primary N) is 1. The standard InChI is InChI=1S/C13H19NO6S/c1-8(2)21(17,18)5-4-20-12-6-9(13(15)16)10(14)7-11(12)19-3/h6-8H,4-5,14H2,1-3H3,(H,15,16). The maximum atomic E-state index is 11.7. The van der Waals surface area contributed by atoms with E-state index in [1.165, 1.54) is 19.2 Å². The van der Waals surface area contributed by atoms with Crippen molar-refractivity contribution in [1.82, 2.24) is 0 Å². The molecule has 7 nitrogen and oxygen atoms in total. The van der Waals surface area contributed by atoms with Gasteiger partial charge in [0.15, 0.2) is 21.3 Å². The fourth-order valence-electron chi connectivity index (χ4n) is 1.54. The molecule has 1 rings (SSSR count). The Morgan fingerprint density at radius 3 is 2.43 bits per heavy atom. The van der Waals surface area contributed by atoms with Crippen molar-refractivity contribution in [3.63, 3.8) is 0 Å². The highest BCUT2D eigenvalue weighted by molar-refractivity contribution is 7.91. The zero-order valence-electron chi connectivity index (χ0n) is 12.1. The summed E-state index contributed by atoms with van der Waals surface area (Å²) < 4.78 is 33.7. The van der Waals surface area contributed by atoms with E-state index in [9.17, 15) is 13.2 Å². The van der Waals surface area contributed by atoms with Gasteiger partial charge in [0.05, 0.1) is 29.4 Å². The molecule has 0 spiro atoms. The van der Waals surface area contributed by atoms with Crippen molar-refractivity contribution in [2.75, 3.05) is 25.2 Å². The number of nitrogen functional groups attached to an aromatic ring is 1. The van der Waals surface area contributed by atoms with Gasteiger partial charge in [-0.05, 0) is 13.8 Å². The van der Waals surface area contributed by atoms with Crippen LogP contribution in [0.2, 0.25) is 0 Å². The Bertz CT molecular complexity index is 624. The Balaban J connectivity index is 2.92. The third kappa shape index (κ3) is 4.25. The molecule has 0 saturated heterocycles. The van der Waals surface area contributed by atoms with Gasteiger partial charge in [-0.25, -0.2) is 13.2 Å². The van der Waals surface area contributed by atoms with Gasteiger partial charge >= 0.3 is 5.97 Å². The first-order chi connectivity index (χ1) is 9.69. The number of carboxylic acid groups (broad SMARTS) is 1. The predicted molar refractivity (Wildman–Crippen MR) is 78.8 cm³/mol. The molecule has 0 aliphatic rings. The SMILES string of the molecule is COc1cc(N)c(C(=O)O)cc1OCCS(=O)(=O)C(C)C. The predicted octanol–water partition coefficient (Wildman–Crippen LogP) is 1.18. The molecule has 0 unspecified atom stereocenters. The molecular formula is C13H19NO6S. The highest BCUT2D eigenvalue weighted by atomic mass is 32.2. The number of carbonyl (C=O) groups is 1. The van der Waals surface area contributed by atoms with Crippen LogP contribution in [0.5, 0.6) is 11.5 Å². The van der Waals surface area contributed by atoms with Crippen molar-refractivity contribution in [3.8, 4) is 11.5 Å². The third-order valence-corrected chi connectivity index (χ3v) is 5.08. The zero-order valence-corrected chi connectivity index (χ0v) is 12.9. The Morgan fingerprint density at radius 1 is 1.33 bits per heavy atom.